The molecule has 0 fully saturated rings. The van der Waals surface area contributed by atoms with Crippen molar-refractivity contribution in [3.8, 4) is 0 Å². The number of rotatable bonds is 4. The smallest absolute Gasteiger partial charge is 0.397 e. The number of anilines is 2. The second-order valence-corrected chi connectivity index (χ2v) is 4.50. The molecule has 3 N–H and O–H groups in total. The van der Waals surface area contributed by atoms with Crippen molar-refractivity contribution in [1.82, 2.24) is 9.78 Å². The quantitative estimate of drug-likeness (QED) is 0.849. The van der Waals surface area contributed by atoms with Gasteiger partial charge in [-0.25, -0.2) is 0 Å². The van der Waals surface area contributed by atoms with E-state index in [-0.39, 0.29) is 5.69 Å². The Balaban J connectivity index is 1.96. The summed E-state index contributed by atoms with van der Waals surface area (Å²) in [7, 11) is 1.82. The first kappa shape index (κ1) is 14.2. The second kappa shape index (κ2) is 5.44. The third-order valence-electron chi connectivity index (χ3n) is 2.87. The summed E-state index contributed by atoms with van der Waals surface area (Å²) in [5.41, 5.74) is 6.52. The molecule has 1 aromatic carbocycles. The highest BCUT2D eigenvalue weighted by atomic mass is 19.4. The molecule has 0 saturated heterocycles. The summed E-state index contributed by atoms with van der Waals surface area (Å²) in [5, 5.41) is 7.06. The molecular formula is C13H15F3N4. The van der Waals surface area contributed by atoms with Crippen molar-refractivity contribution in [1.29, 1.82) is 0 Å². The van der Waals surface area contributed by atoms with Crippen molar-refractivity contribution in [3.05, 3.63) is 41.7 Å². The maximum atomic E-state index is 12.5. The molecule has 0 unspecified atom stereocenters. The molecule has 1 heterocycles. The fraction of sp³-hybridized carbons (Fsp3) is 0.308. The fourth-order valence-electron chi connectivity index (χ4n) is 1.84. The number of benzene rings is 1. The van der Waals surface area contributed by atoms with Gasteiger partial charge in [-0.2, -0.15) is 18.3 Å². The molecule has 20 heavy (non-hydrogen) atoms. The van der Waals surface area contributed by atoms with Crippen LogP contribution in [-0.4, -0.2) is 16.3 Å². The van der Waals surface area contributed by atoms with Crippen LogP contribution < -0.4 is 11.1 Å². The Labute approximate surface area is 114 Å². The molecule has 0 amide bonds. The standard InChI is InChI=1S/C13H15F3N4/c1-20-8-9(7-19-20)4-5-18-12-3-2-10(6-11(12)17)13(14,15)16/h2-3,6-8,18H,4-5,17H2,1H3. The first-order valence-corrected chi connectivity index (χ1v) is 6.04. The number of nitrogens with two attached hydrogens (primary N) is 1. The molecular weight excluding hydrogens is 269 g/mol. The zero-order valence-electron chi connectivity index (χ0n) is 10.9. The molecule has 0 spiro atoms. The summed E-state index contributed by atoms with van der Waals surface area (Å²) in [6, 6.07) is 3.30. The van der Waals surface area contributed by atoms with Crippen molar-refractivity contribution in [3.63, 3.8) is 0 Å². The summed E-state index contributed by atoms with van der Waals surface area (Å²) < 4.78 is 39.2. The summed E-state index contributed by atoms with van der Waals surface area (Å²) in [4.78, 5) is 0. The Morgan fingerprint density at radius 2 is 2.10 bits per heavy atom. The lowest BCUT2D eigenvalue weighted by molar-refractivity contribution is -0.137. The number of nitrogens with one attached hydrogen (secondary N) is 1. The van der Waals surface area contributed by atoms with Crippen LogP contribution in [0.3, 0.4) is 0 Å². The van der Waals surface area contributed by atoms with Crippen LogP contribution >= 0.6 is 0 Å². The number of nitrogen functional groups attached to an aromatic ring is 1. The van der Waals surface area contributed by atoms with Gasteiger partial charge in [0.2, 0.25) is 0 Å². The molecule has 2 rings (SSSR count). The predicted octanol–water partition coefficient (Wildman–Crippen LogP) is 2.68. The van der Waals surface area contributed by atoms with Gasteiger partial charge < -0.3 is 11.1 Å². The molecule has 4 nitrogen and oxygen atoms in total. The van der Waals surface area contributed by atoms with Gasteiger partial charge in [-0.3, -0.25) is 4.68 Å². The largest absolute Gasteiger partial charge is 0.416 e. The van der Waals surface area contributed by atoms with Gasteiger partial charge in [0.1, 0.15) is 0 Å². The van der Waals surface area contributed by atoms with Crippen molar-refractivity contribution in [2.45, 2.75) is 12.6 Å². The van der Waals surface area contributed by atoms with Gasteiger partial charge in [0.05, 0.1) is 23.1 Å². The lowest BCUT2D eigenvalue weighted by Crippen LogP contribution is -2.09. The van der Waals surface area contributed by atoms with Gasteiger partial charge in [0.15, 0.2) is 0 Å². The topological polar surface area (TPSA) is 55.9 Å². The number of hydrogen-bond donors (Lipinski definition) is 2. The SMILES string of the molecule is Cn1cc(CCNc2ccc(C(F)(F)F)cc2N)cn1. The first-order chi connectivity index (χ1) is 9.36. The van der Waals surface area contributed by atoms with E-state index in [9.17, 15) is 13.2 Å². The van der Waals surface area contributed by atoms with Crippen LogP contribution in [-0.2, 0) is 19.6 Å². The average Bonchev–Trinajstić information content (AvgIpc) is 2.76. The Hall–Kier alpha value is -2.18. The van der Waals surface area contributed by atoms with Crippen LogP contribution in [0.25, 0.3) is 0 Å². The van der Waals surface area contributed by atoms with Gasteiger partial charge in [-0.15, -0.1) is 0 Å². The number of aromatic nitrogens is 2. The van der Waals surface area contributed by atoms with Crippen molar-refractivity contribution in [2.75, 3.05) is 17.6 Å². The number of hydrogen-bond acceptors (Lipinski definition) is 3. The highest BCUT2D eigenvalue weighted by Crippen LogP contribution is 2.32. The molecule has 0 saturated carbocycles. The summed E-state index contributed by atoms with van der Waals surface area (Å²) in [6.07, 6.45) is -0.0216. The van der Waals surface area contributed by atoms with E-state index in [1.807, 2.05) is 13.2 Å². The number of aryl methyl sites for hydroxylation is 1. The highest BCUT2D eigenvalue weighted by molar-refractivity contribution is 5.67. The van der Waals surface area contributed by atoms with E-state index >= 15 is 0 Å². The Morgan fingerprint density at radius 3 is 2.65 bits per heavy atom. The normalized spacial score (nSPS) is 11.6. The number of alkyl halides is 3. The minimum atomic E-state index is -4.37. The monoisotopic (exact) mass is 284 g/mol. The molecule has 0 radical (unpaired) electrons. The lowest BCUT2D eigenvalue weighted by atomic mass is 10.1. The maximum Gasteiger partial charge on any atom is 0.416 e. The molecule has 108 valence electrons. The van der Waals surface area contributed by atoms with E-state index in [1.54, 1.807) is 10.9 Å². The van der Waals surface area contributed by atoms with Crippen molar-refractivity contribution >= 4 is 11.4 Å². The average molecular weight is 284 g/mol. The number of halogens is 3. The second-order valence-electron chi connectivity index (χ2n) is 4.50. The third-order valence-corrected chi connectivity index (χ3v) is 2.87. The molecule has 0 aliphatic heterocycles. The zero-order valence-corrected chi connectivity index (χ0v) is 10.9. The van der Waals surface area contributed by atoms with E-state index in [1.165, 1.54) is 6.07 Å². The van der Waals surface area contributed by atoms with Crippen molar-refractivity contribution in [2.24, 2.45) is 7.05 Å². The summed E-state index contributed by atoms with van der Waals surface area (Å²) in [6.45, 7) is 0.571. The third kappa shape index (κ3) is 3.43. The molecule has 0 atom stereocenters. The highest BCUT2D eigenvalue weighted by Gasteiger charge is 2.30. The van der Waals surface area contributed by atoms with Gasteiger partial charge in [0, 0.05) is 19.8 Å². The number of nitrogens with zero attached hydrogens (tertiary/aromatic N) is 2. The van der Waals surface area contributed by atoms with Crippen LogP contribution in [0.4, 0.5) is 24.5 Å². The Morgan fingerprint density at radius 1 is 1.35 bits per heavy atom. The van der Waals surface area contributed by atoms with Crippen LogP contribution in [0.15, 0.2) is 30.6 Å². The minimum absolute atomic E-state index is 0.0889. The van der Waals surface area contributed by atoms with E-state index < -0.39 is 11.7 Å². The Bertz CT molecular complexity index is 590. The van der Waals surface area contributed by atoms with Gasteiger partial charge >= 0.3 is 6.18 Å². The molecule has 7 heteroatoms. The van der Waals surface area contributed by atoms with E-state index in [2.05, 4.69) is 10.4 Å². The molecule has 2 aromatic rings. The maximum absolute atomic E-state index is 12.5. The molecule has 0 aliphatic rings. The van der Waals surface area contributed by atoms with Crippen LogP contribution in [0.5, 0.6) is 0 Å². The molecule has 0 aliphatic carbocycles. The van der Waals surface area contributed by atoms with Crippen LogP contribution in [0.1, 0.15) is 11.1 Å². The van der Waals surface area contributed by atoms with Crippen molar-refractivity contribution < 1.29 is 13.2 Å². The van der Waals surface area contributed by atoms with Gasteiger partial charge in [-0.1, -0.05) is 0 Å². The van der Waals surface area contributed by atoms with Crippen LogP contribution in [0, 0.1) is 0 Å². The van der Waals surface area contributed by atoms with Crippen LogP contribution in [0.2, 0.25) is 0 Å². The first-order valence-electron chi connectivity index (χ1n) is 6.04. The van der Waals surface area contributed by atoms with Gasteiger partial charge in [-0.05, 0) is 30.2 Å². The fourth-order valence-corrected chi connectivity index (χ4v) is 1.84. The minimum Gasteiger partial charge on any atom is -0.397 e. The predicted molar refractivity (Wildman–Crippen MR) is 71.3 cm³/mol. The molecule has 1 aromatic heterocycles. The Kier molecular flexibility index (Phi) is 3.87. The lowest BCUT2D eigenvalue weighted by Gasteiger charge is -2.12. The molecule has 0 bridgehead atoms. The summed E-state index contributed by atoms with van der Waals surface area (Å²) >= 11 is 0. The van der Waals surface area contributed by atoms with E-state index in [0.29, 0.717) is 18.7 Å². The van der Waals surface area contributed by atoms with E-state index in [0.717, 1.165) is 17.7 Å². The zero-order chi connectivity index (χ0) is 14.8. The van der Waals surface area contributed by atoms with Gasteiger partial charge in [0.25, 0.3) is 0 Å². The summed E-state index contributed by atoms with van der Waals surface area (Å²) in [5.74, 6) is 0. The van der Waals surface area contributed by atoms with E-state index in [4.69, 9.17) is 5.73 Å².